The number of rotatable bonds is 7. The summed E-state index contributed by atoms with van der Waals surface area (Å²) in [4.78, 5) is 25.4. The van der Waals surface area contributed by atoms with Gasteiger partial charge in [-0.2, -0.15) is 4.98 Å². The van der Waals surface area contributed by atoms with Gasteiger partial charge in [0.1, 0.15) is 22.8 Å². The van der Waals surface area contributed by atoms with Crippen molar-refractivity contribution in [2.24, 2.45) is 10.9 Å². The van der Waals surface area contributed by atoms with Gasteiger partial charge in [0.2, 0.25) is 5.89 Å². The minimum Gasteiger partial charge on any atom is -0.497 e. The fraction of sp³-hybridized carbons (Fsp3) is 0.308. The van der Waals surface area contributed by atoms with Crippen LogP contribution in [0.15, 0.2) is 52.1 Å². The van der Waals surface area contributed by atoms with Crippen molar-refractivity contribution in [3.63, 3.8) is 0 Å². The molecule has 0 saturated heterocycles. The van der Waals surface area contributed by atoms with E-state index in [2.05, 4.69) is 28.1 Å². The quantitative estimate of drug-likeness (QED) is 0.379. The number of allylic oxidation sites excluding steroid dienone is 1. The van der Waals surface area contributed by atoms with Crippen molar-refractivity contribution in [2.45, 2.75) is 32.4 Å². The van der Waals surface area contributed by atoms with Crippen LogP contribution in [-0.4, -0.2) is 51.1 Å². The van der Waals surface area contributed by atoms with E-state index in [0.717, 1.165) is 23.4 Å². The number of hydrogen-bond donors (Lipinski definition) is 0. The molecule has 2 atom stereocenters. The second kappa shape index (κ2) is 8.40. The van der Waals surface area contributed by atoms with Crippen molar-refractivity contribution in [1.29, 1.82) is 0 Å². The fourth-order valence-electron chi connectivity index (χ4n) is 4.38. The van der Waals surface area contributed by atoms with E-state index in [0.29, 0.717) is 52.7 Å². The number of aromatic nitrogens is 5. The second-order valence-corrected chi connectivity index (χ2v) is 9.20. The van der Waals surface area contributed by atoms with Gasteiger partial charge >= 0.3 is 0 Å². The SMILES string of the molecule is COc1cc(OC)cc(N(Cc2noc(C)n2)c2ccc3ncc(C4=CC5C[C@]5(C)N=C4)nc3n2)c1. The number of aryl methyl sites for hydroxylation is 1. The first-order chi connectivity index (χ1) is 17.4. The number of aliphatic imine (C=N–C) groups is 1. The molecule has 1 aromatic carbocycles. The molecule has 1 aliphatic heterocycles. The lowest BCUT2D eigenvalue weighted by Gasteiger charge is -2.23. The van der Waals surface area contributed by atoms with Crippen molar-refractivity contribution < 1.29 is 14.0 Å². The van der Waals surface area contributed by atoms with E-state index in [4.69, 9.17) is 29.0 Å². The maximum absolute atomic E-state index is 5.49. The Morgan fingerprint density at radius 3 is 2.58 bits per heavy atom. The van der Waals surface area contributed by atoms with Crippen molar-refractivity contribution in [3.8, 4) is 11.5 Å². The molecule has 1 fully saturated rings. The summed E-state index contributed by atoms with van der Waals surface area (Å²) in [6.07, 6.45) is 6.99. The fourth-order valence-corrected chi connectivity index (χ4v) is 4.38. The summed E-state index contributed by atoms with van der Waals surface area (Å²) >= 11 is 0. The molecule has 1 aliphatic carbocycles. The van der Waals surface area contributed by atoms with Crippen LogP contribution in [0.5, 0.6) is 11.5 Å². The summed E-state index contributed by atoms with van der Waals surface area (Å²) in [6, 6.07) is 9.42. The summed E-state index contributed by atoms with van der Waals surface area (Å²) in [5.74, 6) is 3.42. The zero-order chi connectivity index (χ0) is 24.9. The lowest BCUT2D eigenvalue weighted by atomic mass is 10.1. The van der Waals surface area contributed by atoms with E-state index in [9.17, 15) is 0 Å². The maximum Gasteiger partial charge on any atom is 0.223 e. The third-order valence-electron chi connectivity index (χ3n) is 6.63. The minimum atomic E-state index is 0.0605. The van der Waals surface area contributed by atoms with Crippen LogP contribution in [0.4, 0.5) is 11.5 Å². The van der Waals surface area contributed by atoms with Crippen molar-refractivity contribution in [2.75, 3.05) is 19.1 Å². The van der Waals surface area contributed by atoms with Gasteiger partial charge in [-0.15, -0.1) is 0 Å². The molecule has 2 aliphatic rings. The molecule has 182 valence electrons. The van der Waals surface area contributed by atoms with Gasteiger partial charge < -0.3 is 18.9 Å². The molecular formula is C26H25N7O3. The number of fused-ring (bicyclic) bond motifs is 2. The van der Waals surface area contributed by atoms with E-state index in [1.54, 1.807) is 27.3 Å². The third kappa shape index (κ3) is 4.04. The van der Waals surface area contributed by atoms with Gasteiger partial charge in [0, 0.05) is 42.8 Å². The summed E-state index contributed by atoms with van der Waals surface area (Å²) in [6.45, 7) is 4.25. The van der Waals surface area contributed by atoms with Gasteiger partial charge in [0.25, 0.3) is 0 Å². The highest BCUT2D eigenvalue weighted by molar-refractivity contribution is 6.10. The highest BCUT2D eigenvalue weighted by Gasteiger charge is 2.50. The summed E-state index contributed by atoms with van der Waals surface area (Å²) in [5.41, 5.74) is 3.82. The predicted molar refractivity (Wildman–Crippen MR) is 135 cm³/mol. The normalized spacial score (nSPS) is 20.1. The minimum absolute atomic E-state index is 0.0605. The van der Waals surface area contributed by atoms with Crippen LogP contribution in [0.3, 0.4) is 0 Å². The van der Waals surface area contributed by atoms with E-state index < -0.39 is 0 Å². The smallest absolute Gasteiger partial charge is 0.223 e. The van der Waals surface area contributed by atoms with Crippen LogP contribution >= 0.6 is 0 Å². The van der Waals surface area contributed by atoms with Crippen LogP contribution in [0.25, 0.3) is 16.7 Å². The average Bonchev–Trinajstić information content (AvgIpc) is 3.42. The molecule has 0 radical (unpaired) electrons. The van der Waals surface area contributed by atoms with Crippen molar-refractivity contribution in [3.05, 3.63) is 60.0 Å². The van der Waals surface area contributed by atoms with Gasteiger partial charge in [-0.3, -0.25) is 9.98 Å². The molecule has 4 aromatic rings. The highest BCUT2D eigenvalue weighted by atomic mass is 16.5. The number of anilines is 2. The number of pyridine rings is 1. The first-order valence-electron chi connectivity index (χ1n) is 11.6. The predicted octanol–water partition coefficient (Wildman–Crippen LogP) is 4.32. The maximum atomic E-state index is 5.49. The lowest BCUT2D eigenvalue weighted by molar-refractivity contribution is 0.387. The number of methoxy groups -OCH3 is 2. The largest absolute Gasteiger partial charge is 0.497 e. The Morgan fingerprint density at radius 2 is 1.89 bits per heavy atom. The first kappa shape index (κ1) is 22.1. The molecular weight excluding hydrogens is 458 g/mol. The Kier molecular flexibility index (Phi) is 5.17. The molecule has 6 rings (SSSR count). The Balaban J connectivity index is 1.42. The monoisotopic (exact) mass is 483 g/mol. The Morgan fingerprint density at radius 1 is 1.08 bits per heavy atom. The van der Waals surface area contributed by atoms with Crippen LogP contribution in [0, 0.1) is 12.8 Å². The van der Waals surface area contributed by atoms with E-state index in [1.165, 1.54) is 0 Å². The third-order valence-corrected chi connectivity index (χ3v) is 6.63. The van der Waals surface area contributed by atoms with Gasteiger partial charge in [0.15, 0.2) is 11.5 Å². The zero-order valence-corrected chi connectivity index (χ0v) is 20.5. The van der Waals surface area contributed by atoms with Gasteiger partial charge in [-0.05, 0) is 25.5 Å². The van der Waals surface area contributed by atoms with Crippen molar-refractivity contribution in [1.82, 2.24) is 25.1 Å². The van der Waals surface area contributed by atoms with E-state index in [-0.39, 0.29) is 5.54 Å². The topological polar surface area (TPSA) is 112 Å². The molecule has 0 N–H and O–H groups in total. The standard InChI is InChI=1S/C26H25N7O3/c1-15-29-23(32-36-15)14-33(18-8-19(34-3)10-20(9-18)35-4)24-6-5-21-25(31-24)30-22(13-27-21)16-7-17-11-26(17,2)28-12-16/h5-10,12-13,17H,11,14H2,1-4H3/t17?,26-/m0/s1. The summed E-state index contributed by atoms with van der Waals surface area (Å²) in [5, 5.41) is 4.08. The average molecular weight is 484 g/mol. The summed E-state index contributed by atoms with van der Waals surface area (Å²) < 4.78 is 16.2. The number of nitrogens with zero attached hydrogens (tertiary/aromatic N) is 7. The molecule has 3 aromatic heterocycles. The van der Waals surface area contributed by atoms with Gasteiger partial charge in [-0.1, -0.05) is 11.2 Å². The van der Waals surface area contributed by atoms with Crippen LogP contribution < -0.4 is 14.4 Å². The summed E-state index contributed by atoms with van der Waals surface area (Å²) in [7, 11) is 3.23. The van der Waals surface area contributed by atoms with E-state index >= 15 is 0 Å². The molecule has 4 heterocycles. The lowest BCUT2D eigenvalue weighted by Crippen LogP contribution is -2.19. The molecule has 10 heteroatoms. The molecule has 0 amide bonds. The molecule has 0 spiro atoms. The number of dihydropyridines is 1. The Bertz CT molecular complexity index is 1510. The molecule has 36 heavy (non-hydrogen) atoms. The number of benzene rings is 1. The molecule has 1 saturated carbocycles. The molecule has 1 unspecified atom stereocenters. The van der Waals surface area contributed by atoms with Crippen molar-refractivity contribution >= 4 is 34.5 Å². The number of hydrogen-bond acceptors (Lipinski definition) is 10. The van der Waals surface area contributed by atoms with Crippen LogP contribution in [-0.2, 0) is 6.54 Å². The van der Waals surface area contributed by atoms with Gasteiger partial charge in [-0.25, -0.2) is 9.97 Å². The number of ether oxygens (including phenoxy) is 2. The Hall–Kier alpha value is -4.34. The van der Waals surface area contributed by atoms with Gasteiger partial charge in [0.05, 0.1) is 43.9 Å². The highest BCUT2D eigenvalue weighted by Crippen LogP contribution is 2.50. The second-order valence-electron chi connectivity index (χ2n) is 9.20. The van der Waals surface area contributed by atoms with Crippen LogP contribution in [0.2, 0.25) is 0 Å². The Labute approximate surface area is 207 Å². The first-order valence-corrected chi connectivity index (χ1v) is 11.6. The van der Waals surface area contributed by atoms with Crippen LogP contribution in [0.1, 0.15) is 30.8 Å². The molecule has 0 bridgehead atoms. The molecule has 10 nitrogen and oxygen atoms in total. The zero-order valence-electron chi connectivity index (χ0n) is 20.5. The van der Waals surface area contributed by atoms with E-state index in [1.807, 2.05) is 41.4 Å².